The number of phenolic OH excluding ortho intramolecular Hbond substituents is 2. The molecule has 1 aliphatic rings. The monoisotopic (exact) mass is 237 g/mol. The van der Waals surface area contributed by atoms with E-state index in [-0.39, 0.29) is 28.2 Å². The Hall–Kier alpha value is -1.42. The fraction of sp³-hybridized carbons (Fsp3) is 0.538. The van der Waals surface area contributed by atoms with Gasteiger partial charge in [0.15, 0.2) is 11.5 Å². The smallest absolute Gasteiger partial charge is 0.200 e. The largest absolute Gasteiger partial charge is 0.504 e. The zero-order chi connectivity index (χ0) is 12.8. The average molecular weight is 237 g/mol. The summed E-state index contributed by atoms with van der Waals surface area (Å²) in [6.45, 7) is 3.97. The Bertz CT molecular complexity index is 445. The molecule has 4 N–H and O–H groups in total. The topological polar surface area (TPSA) is 75.7 Å². The molecule has 0 heterocycles. The van der Waals surface area contributed by atoms with Crippen molar-refractivity contribution in [2.75, 3.05) is 7.11 Å². The van der Waals surface area contributed by atoms with Crippen LogP contribution in [0.3, 0.4) is 0 Å². The van der Waals surface area contributed by atoms with E-state index < -0.39 is 0 Å². The third kappa shape index (κ3) is 1.72. The molecule has 1 saturated carbocycles. The Labute approximate surface area is 101 Å². The van der Waals surface area contributed by atoms with E-state index in [2.05, 4.69) is 0 Å². The average Bonchev–Trinajstić information content (AvgIpc) is 3.01. The quantitative estimate of drug-likeness (QED) is 0.701. The molecule has 1 fully saturated rings. The molecule has 0 atom stereocenters. The molecule has 0 unspecified atom stereocenters. The van der Waals surface area contributed by atoms with Crippen LogP contribution in [-0.4, -0.2) is 22.9 Å². The van der Waals surface area contributed by atoms with Crippen molar-refractivity contribution < 1.29 is 14.9 Å². The van der Waals surface area contributed by atoms with Gasteiger partial charge >= 0.3 is 0 Å². The lowest BCUT2D eigenvalue weighted by Crippen LogP contribution is -2.45. The number of aromatic hydroxyl groups is 2. The van der Waals surface area contributed by atoms with E-state index in [1.165, 1.54) is 7.11 Å². The predicted octanol–water partition coefficient (Wildman–Crippen LogP) is 1.88. The summed E-state index contributed by atoms with van der Waals surface area (Å²) in [5, 5.41) is 19.3. The van der Waals surface area contributed by atoms with Crippen LogP contribution in [0.15, 0.2) is 12.1 Å². The van der Waals surface area contributed by atoms with Gasteiger partial charge in [0.1, 0.15) is 0 Å². The molecule has 94 valence electrons. The van der Waals surface area contributed by atoms with E-state index in [0.29, 0.717) is 0 Å². The second-order valence-electron chi connectivity index (χ2n) is 5.35. The van der Waals surface area contributed by atoms with Gasteiger partial charge in [-0.15, -0.1) is 0 Å². The first-order valence-corrected chi connectivity index (χ1v) is 5.71. The molecular weight excluding hydrogens is 218 g/mol. The van der Waals surface area contributed by atoms with Gasteiger partial charge in [0.25, 0.3) is 0 Å². The maximum atomic E-state index is 9.70. The summed E-state index contributed by atoms with van der Waals surface area (Å²) in [6, 6.07) is 3.34. The SMILES string of the molecule is COc1cc(C2(C(C)(C)N)CC2)cc(O)c1O. The Kier molecular flexibility index (Phi) is 2.51. The van der Waals surface area contributed by atoms with Crippen LogP contribution < -0.4 is 10.5 Å². The van der Waals surface area contributed by atoms with E-state index in [4.69, 9.17) is 10.5 Å². The standard InChI is InChI=1S/C13H19NO3/c1-12(2,14)13(4-5-13)8-6-9(15)11(16)10(7-8)17-3/h6-7,15-16H,4-5,14H2,1-3H3. The first-order chi connectivity index (χ1) is 7.82. The lowest BCUT2D eigenvalue weighted by atomic mass is 9.79. The van der Waals surface area contributed by atoms with E-state index >= 15 is 0 Å². The van der Waals surface area contributed by atoms with Gasteiger partial charge in [-0.1, -0.05) is 0 Å². The maximum absolute atomic E-state index is 9.70. The van der Waals surface area contributed by atoms with Crippen molar-refractivity contribution in [3.63, 3.8) is 0 Å². The number of hydrogen-bond acceptors (Lipinski definition) is 4. The molecule has 2 rings (SSSR count). The normalized spacial score (nSPS) is 17.9. The third-order valence-electron chi connectivity index (χ3n) is 3.81. The molecule has 17 heavy (non-hydrogen) atoms. The molecule has 4 nitrogen and oxygen atoms in total. The Morgan fingerprint density at radius 3 is 2.29 bits per heavy atom. The molecule has 0 radical (unpaired) electrons. The van der Waals surface area contributed by atoms with Gasteiger partial charge in [0.05, 0.1) is 7.11 Å². The molecule has 0 bridgehead atoms. The highest BCUT2D eigenvalue weighted by molar-refractivity contribution is 5.55. The summed E-state index contributed by atoms with van der Waals surface area (Å²) in [4.78, 5) is 0. The molecule has 0 amide bonds. The van der Waals surface area contributed by atoms with Crippen molar-refractivity contribution in [3.05, 3.63) is 17.7 Å². The Morgan fingerprint density at radius 2 is 1.88 bits per heavy atom. The fourth-order valence-electron chi connectivity index (χ4n) is 2.46. The van der Waals surface area contributed by atoms with Crippen LogP contribution in [-0.2, 0) is 5.41 Å². The van der Waals surface area contributed by atoms with Crippen LogP contribution in [0.1, 0.15) is 32.3 Å². The van der Waals surface area contributed by atoms with E-state index in [0.717, 1.165) is 18.4 Å². The van der Waals surface area contributed by atoms with Gasteiger partial charge in [-0.2, -0.15) is 0 Å². The number of benzene rings is 1. The minimum absolute atomic E-state index is 0.120. The van der Waals surface area contributed by atoms with Crippen LogP contribution in [0, 0.1) is 0 Å². The van der Waals surface area contributed by atoms with Crippen molar-refractivity contribution in [1.29, 1.82) is 0 Å². The number of nitrogens with two attached hydrogens (primary N) is 1. The molecule has 0 aliphatic heterocycles. The molecule has 0 spiro atoms. The van der Waals surface area contributed by atoms with Crippen LogP contribution >= 0.6 is 0 Å². The van der Waals surface area contributed by atoms with Gasteiger partial charge in [0, 0.05) is 11.0 Å². The minimum Gasteiger partial charge on any atom is -0.504 e. The van der Waals surface area contributed by atoms with Crippen LogP contribution in [0.5, 0.6) is 17.2 Å². The number of ether oxygens (including phenoxy) is 1. The molecule has 1 aromatic carbocycles. The number of hydrogen-bond donors (Lipinski definition) is 3. The first-order valence-electron chi connectivity index (χ1n) is 5.71. The predicted molar refractivity (Wildman–Crippen MR) is 65.5 cm³/mol. The molecular formula is C13H19NO3. The van der Waals surface area contributed by atoms with Crippen molar-refractivity contribution in [2.24, 2.45) is 5.73 Å². The van der Waals surface area contributed by atoms with Crippen molar-refractivity contribution >= 4 is 0 Å². The summed E-state index contributed by atoms with van der Waals surface area (Å²) < 4.78 is 5.05. The molecule has 1 aliphatic carbocycles. The van der Waals surface area contributed by atoms with E-state index in [1.807, 2.05) is 13.8 Å². The van der Waals surface area contributed by atoms with Crippen LogP contribution in [0.4, 0.5) is 0 Å². The second kappa shape index (κ2) is 3.53. The zero-order valence-electron chi connectivity index (χ0n) is 10.4. The summed E-state index contributed by atoms with van der Waals surface area (Å²) in [6.07, 6.45) is 1.98. The summed E-state index contributed by atoms with van der Waals surface area (Å²) in [7, 11) is 1.46. The van der Waals surface area contributed by atoms with Crippen molar-refractivity contribution in [2.45, 2.75) is 37.6 Å². The third-order valence-corrected chi connectivity index (χ3v) is 3.81. The number of rotatable bonds is 3. The molecule has 1 aromatic rings. The Balaban J connectivity index is 2.51. The number of phenols is 2. The highest BCUT2D eigenvalue weighted by Gasteiger charge is 2.54. The van der Waals surface area contributed by atoms with Gasteiger partial charge < -0.3 is 20.7 Å². The van der Waals surface area contributed by atoms with Gasteiger partial charge in [0.2, 0.25) is 5.75 Å². The van der Waals surface area contributed by atoms with Gasteiger partial charge in [-0.25, -0.2) is 0 Å². The lowest BCUT2D eigenvalue weighted by molar-refractivity contribution is 0.344. The van der Waals surface area contributed by atoms with Crippen LogP contribution in [0.2, 0.25) is 0 Å². The maximum Gasteiger partial charge on any atom is 0.200 e. The van der Waals surface area contributed by atoms with Crippen LogP contribution in [0.25, 0.3) is 0 Å². The van der Waals surface area contributed by atoms with E-state index in [9.17, 15) is 10.2 Å². The molecule has 4 heteroatoms. The summed E-state index contributed by atoms with van der Waals surface area (Å²) in [5.74, 6) is -0.0905. The second-order valence-corrected chi connectivity index (χ2v) is 5.35. The number of methoxy groups -OCH3 is 1. The summed E-state index contributed by atoms with van der Waals surface area (Å²) in [5.41, 5.74) is 6.65. The van der Waals surface area contributed by atoms with Gasteiger partial charge in [-0.05, 0) is 44.4 Å². The lowest BCUT2D eigenvalue weighted by Gasteiger charge is -2.31. The highest BCUT2D eigenvalue weighted by Crippen LogP contribution is 2.56. The van der Waals surface area contributed by atoms with Gasteiger partial charge in [-0.3, -0.25) is 0 Å². The Morgan fingerprint density at radius 1 is 1.29 bits per heavy atom. The zero-order valence-corrected chi connectivity index (χ0v) is 10.4. The highest BCUT2D eigenvalue weighted by atomic mass is 16.5. The molecule has 0 saturated heterocycles. The van der Waals surface area contributed by atoms with Crippen molar-refractivity contribution in [3.8, 4) is 17.2 Å². The fourth-order valence-corrected chi connectivity index (χ4v) is 2.46. The first kappa shape index (κ1) is 12.0. The van der Waals surface area contributed by atoms with Crippen molar-refractivity contribution in [1.82, 2.24) is 0 Å². The molecule has 0 aromatic heterocycles. The minimum atomic E-state index is -0.360. The van der Waals surface area contributed by atoms with E-state index in [1.54, 1.807) is 12.1 Å². The summed E-state index contributed by atoms with van der Waals surface area (Å²) >= 11 is 0.